The fourth-order valence-electron chi connectivity index (χ4n) is 1.61. The molecule has 3 N–H and O–H groups in total. The molecule has 0 unspecified atom stereocenters. The molecule has 0 aliphatic carbocycles. The molecule has 106 valence electrons. The number of anilines is 1. The Hall–Kier alpha value is -2.44. The number of aromatic nitrogens is 4. The van der Waals surface area contributed by atoms with Crippen LogP contribution in [-0.2, 0) is 0 Å². The fourth-order valence-corrected chi connectivity index (χ4v) is 1.61. The first-order chi connectivity index (χ1) is 9.49. The molecule has 0 aromatic carbocycles. The molecule has 2 heterocycles. The van der Waals surface area contributed by atoms with Crippen molar-refractivity contribution in [3.8, 4) is 5.82 Å². The predicted molar refractivity (Wildman–Crippen MR) is 75.5 cm³/mol. The molecule has 0 fully saturated rings. The maximum absolute atomic E-state index is 12.0. The zero-order valence-electron chi connectivity index (χ0n) is 11.8. The van der Waals surface area contributed by atoms with Gasteiger partial charge in [-0.25, -0.2) is 0 Å². The number of carbonyl (C=O) groups is 1. The van der Waals surface area contributed by atoms with E-state index in [1.54, 1.807) is 6.07 Å². The molecule has 0 radical (unpaired) electrons. The quantitative estimate of drug-likeness (QED) is 0.864. The third-order valence-corrected chi connectivity index (χ3v) is 2.72. The van der Waals surface area contributed by atoms with Gasteiger partial charge in [-0.1, -0.05) is 13.8 Å². The van der Waals surface area contributed by atoms with Crippen LogP contribution in [0.5, 0.6) is 0 Å². The number of hydrogen-bond acceptors (Lipinski definition) is 5. The SMILES string of the molecule is Cc1ccc(-n2ncc(C(=O)NCC(C)C)c2N)nn1. The summed E-state index contributed by atoms with van der Waals surface area (Å²) in [6, 6.07) is 3.56. The van der Waals surface area contributed by atoms with Crippen molar-refractivity contribution in [3.05, 3.63) is 29.6 Å². The predicted octanol–water partition coefficient (Wildman–Crippen LogP) is 0.939. The Morgan fingerprint density at radius 3 is 2.75 bits per heavy atom. The van der Waals surface area contributed by atoms with Crippen molar-refractivity contribution in [1.82, 2.24) is 25.3 Å². The van der Waals surface area contributed by atoms with Crippen molar-refractivity contribution in [3.63, 3.8) is 0 Å². The molecule has 0 spiro atoms. The van der Waals surface area contributed by atoms with Crippen LogP contribution in [-0.4, -0.2) is 32.4 Å². The second-order valence-corrected chi connectivity index (χ2v) is 4.99. The van der Waals surface area contributed by atoms with Crippen molar-refractivity contribution in [2.24, 2.45) is 5.92 Å². The molecule has 0 aliphatic rings. The molecule has 0 saturated carbocycles. The van der Waals surface area contributed by atoms with Crippen LogP contribution in [0.2, 0.25) is 0 Å². The summed E-state index contributed by atoms with van der Waals surface area (Å²) in [5.41, 5.74) is 7.09. The Bertz CT molecular complexity index is 602. The first-order valence-electron chi connectivity index (χ1n) is 6.41. The van der Waals surface area contributed by atoms with Crippen LogP contribution in [0.1, 0.15) is 29.9 Å². The van der Waals surface area contributed by atoms with E-state index in [0.29, 0.717) is 23.8 Å². The van der Waals surface area contributed by atoms with Gasteiger partial charge in [-0.15, -0.1) is 5.10 Å². The number of carbonyl (C=O) groups excluding carboxylic acids is 1. The molecule has 2 aromatic rings. The molecule has 7 heteroatoms. The lowest BCUT2D eigenvalue weighted by Gasteiger charge is -2.07. The van der Waals surface area contributed by atoms with E-state index in [4.69, 9.17) is 5.73 Å². The van der Waals surface area contributed by atoms with Crippen LogP contribution in [0.3, 0.4) is 0 Å². The number of nitrogen functional groups attached to an aromatic ring is 1. The Labute approximate surface area is 117 Å². The number of amides is 1. The van der Waals surface area contributed by atoms with Gasteiger partial charge in [0.15, 0.2) is 5.82 Å². The van der Waals surface area contributed by atoms with Crippen LogP contribution in [0, 0.1) is 12.8 Å². The highest BCUT2D eigenvalue weighted by molar-refractivity contribution is 5.98. The maximum atomic E-state index is 12.0. The van der Waals surface area contributed by atoms with Gasteiger partial charge < -0.3 is 11.1 Å². The summed E-state index contributed by atoms with van der Waals surface area (Å²) < 4.78 is 1.40. The van der Waals surface area contributed by atoms with E-state index in [1.165, 1.54) is 10.9 Å². The monoisotopic (exact) mass is 274 g/mol. The van der Waals surface area contributed by atoms with Gasteiger partial charge in [-0.05, 0) is 25.0 Å². The number of nitrogens with two attached hydrogens (primary N) is 1. The third-order valence-electron chi connectivity index (χ3n) is 2.72. The molecule has 7 nitrogen and oxygen atoms in total. The molecule has 1 amide bonds. The third kappa shape index (κ3) is 2.93. The number of hydrogen-bond donors (Lipinski definition) is 2. The molecule has 0 saturated heterocycles. The van der Waals surface area contributed by atoms with E-state index in [2.05, 4.69) is 20.6 Å². The summed E-state index contributed by atoms with van der Waals surface area (Å²) in [7, 11) is 0. The van der Waals surface area contributed by atoms with E-state index in [-0.39, 0.29) is 11.7 Å². The molecule has 2 aromatic heterocycles. The molecular formula is C13H18N6O. The highest BCUT2D eigenvalue weighted by atomic mass is 16.1. The van der Waals surface area contributed by atoms with Crippen LogP contribution in [0.4, 0.5) is 5.82 Å². The number of aryl methyl sites for hydroxylation is 1. The Morgan fingerprint density at radius 1 is 1.40 bits per heavy atom. The van der Waals surface area contributed by atoms with Crippen molar-refractivity contribution in [2.75, 3.05) is 12.3 Å². The molecule has 0 atom stereocenters. The van der Waals surface area contributed by atoms with Gasteiger partial charge in [-0.3, -0.25) is 4.79 Å². The van der Waals surface area contributed by atoms with Crippen molar-refractivity contribution in [2.45, 2.75) is 20.8 Å². The maximum Gasteiger partial charge on any atom is 0.256 e. The van der Waals surface area contributed by atoms with E-state index < -0.39 is 0 Å². The smallest absolute Gasteiger partial charge is 0.256 e. The second-order valence-electron chi connectivity index (χ2n) is 4.99. The zero-order valence-corrected chi connectivity index (χ0v) is 11.8. The number of nitrogens with zero attached hydrogens (tertiary/aromatic N) is 4. The minimum atomic E-state index is -0.234. The summed E-state index contributed by atoms with van der Waals surface area (Å²) in [6.07, 6.45) is 1.44. The minimum Gasteiger partial charge on any atom is -0.383 e. The summed E-state index contributed by atoms with van der Waals surface area (Å²) in [4.78, 5) is 12.0. The second kappa shape index (κ2) is 5.68. The van der Waals surface area contributed by atoms with Gasteiger partial charge in [0.25, 0.3) is 5.91 Å². The van der Waals surface area contributed by atoms with Crippen LogP contribution >= 0.6 is 0 Å². The number of nitrogens with one attached hydrogen (secondary N) is 1. The van der Waals surface area contributed by atoms with E-state index in [9.17, 15) is 4.79 Å². The Balaban J connectivity index is 2.22. The first kappa shape index (κ1) is 14.0. The standard InChI is InChI=1S/C13H18N6O/c1-8(2)6-15-13(20)10-7-16-19(12(10)14)11-5-4-9(3)17-18-11/h4-5,7-8H,6,14H2,1-3H3,(H,15,20). The molecule has 20 heavy (non-hydrogen) atoms. The topological polar surface area (TPSA) is 98.7 Å². The Morgan fingerprint density at radius 2 is 2.15 bits per heavy atom. The van der Waals surface area contributed by atoms with Gasteiger partial charge in [0.2, 0.25) is 0 Å². The van der Waals surface area contributed by atoms with Crippen LogP contribution in [0.25, 0.3) is 5.82 Å². The largest absolute Gasteiger partial charge is 0.383 e. The van der Waals surface area contributed by atoms with Gasteiger partial charge in [0.05, 0.1) is 11.9 Å². The van der Waals surface area contributed by atoms with Crippen molar-refractivity contribution in [1.29, 1.82) is 0 Å². The molecule has 2 rings (SSSR count). The van der Waals surface area contributed by atoms with E-state index in [1.807, 2.05) is 26.8 Å². The van der Waals surface area contributed by atoms with E-state index in [0.717, 1.165) is 5.69 Å². The van der Waals surface area contributed by atoms with Gasteiger partial charge >= 0.3 is 0 Å². The van der Waals surface area contributed by atoms with Gasteiger partial charge in [-0.2, -0.15) is 14.9 Å². The van der Waals surface area contributed by atoms with Crippen LogP contribution in [0.15, 0.2) is 18.3 Å². The summed E-state index contributed by atoms with van der Waals surface area (Å²) in [6.45, 7) is 6.48. The van der Waals surface area contributed by atoms with E-state index >= 15 is 0 Å². The molecule has 0 aliphatic heterocycles. The lowest BCUT2D eigenvalue weighted by Crippen LogP contribution is -2.27. The average molecular weight is 274 g/mol. The summed E-state index contributed by atoms with van der Waals surface area (Å²) >= 11 is 0. The Kier molecular flexibility index (Phi) is 3.97. The lowest BCUT2D eigenvalue weighted by atomic mass is 10.2. The summed E-state index contributed by atoms with van der Waals surface area (Å²) in [5, 5.41) is 14.8. The first-order valence-corrected chi connectivity index (χ1v) is 6.41. The zero-order chi connectivity index (χ0) is 14.7. The van der Waals surface area contributed by atoms with Crippen molar-refractivity contribution < 1.29 is 4.79 Å². The highest BCUT2D eigenvalue weighted by Crippen LogP contribution is 2.15. The van der Waals surface area contributed by atoms with Crippen LogP contribution < -0.4 is 11.1 Å². The highest BCUT2D eigenvalue weighted by Gasteiger charge is 2.16. The minimum absolute atomic E-state index is 0.234. The summed E-state index contributed by atoms with van der Waals surface area (Å²) in [5.74, 6) is 0.876. The van der Waals surface area contributed by atoms with Gasteiger partial charge in [0.1, 0.15) is 11.4 Å². The molecule has 0 bridgehead atoms. The molecular weight excluding hydrogens is 256 g/mol. The van der Waals surface area contributed by atoms with Gasteiger partial charge in [0, 0.05) is 6.54 Å². The number of rotatable bonds is 4. The normalized spacial score (nSPS) is 10.8. The fraction of sp³-hybridized carbons (Fsp3) is 0.385. The van der Waals surface area contributed by atoms with Crippen molar-refractivity contribution >= 4 is 11.7 Å². The average Bonchev–Trinajstić information content (AvgIpc) is 2.79. The lowest BCUT2D eigenvalue weighted by molar-refractivity contribution is 0.0950.